The number of benzene rings is 1. The molecule has 0 aromatic heterocycles. The van der Waals surface area contributed by atoms with Gasteiger partial charge in [-0.3, -0.25) is 0 Å². The lowest BCUT2D eigenvalue weighted by atomic mass is 9.78. The summed E-state index contributed by atoms with van der Waals surface area (Å²) in [5, 5.41) is 12.0. The lowest BCUT2D eigenvalue weighted by molar-refractivity contribution is -0.452. The lowest BCUT2D eigenvalue weighted by Crippen LogP contribution is -2.22. The molecule has 2 aliphatic rings. The van der Waals surface area contributed by atoms with Gasteiger partial charge in [0.1, 0.15) is 5.75 Å². The fourth-order valence-corrected chi connectivity index (χ4v) is 3.38. The molecule has 1 saturated carbocycles. The maximum absolute atomic E-state index is 12.0. The Kier molecular flexibility index (Phi) is 2.98. The minimum atomic E-state index is 0.378. The van der Waals surface area contributed by atoms with Gasteiger partial charge in [-0.15, -0.1) is 0 Å². The second-order valence-corrected chi connectivity index (χ2v) is 5.28. The monoisotopic (exact) mass is 245 g/mol. The van der Waals surface area contributed by atoms with E-state index < -0.39 is 0 Å². The molecule has 3 nitrogen and oxygen atoms in total. The van der Waals surface area contributed by atoms with E-state index in [4.69, 9.17) is 4.74 Å². The van der Waals surface area contributed by atoms with Crippen molar-refractivity contribution in [1.29, 1.82) is 0 Å². The van der Waals surface area contributed by atoms with Crippen LogP contribution in [0.2, 0.25) is 0 Å². The van der Waals surface area contributed by atoms with Crippen molar-refractivity contribution in [3.8, 4) is 5.75 Å². The molecular formula is C15H19NO2. The largest absolute Gasteiger partial charge is 0.624 e. The number of hydrogen-bond acceptors (Lipinski definition) is 2. The summed E-state index contributed by atoms with van der Waals surface area (Å²) in [5.74, 6) is 1.73. The minimum absolute atomic E-state index is 0.378. The van der Waals surface area contributed by atoms with Gasteiger partial charge in [0, 0.05) is 6.42 Å². The molecule has 2 atom stereocenters. The summed E-state index contributed by atoms with van der Waals surface area (Å²) < 4.78 is 6.43. The van der Waals surface area contributed by atoms with E-state index in [-0.39, 0.29) is 0 Å². The van der Waals surface area contributed by atoms with Gasteiger partial charge in [-0.2, -0.15) is 0 Å². The second-order valence-electron chi connectivity index (χ2n) is 5.28. The lowest BCUT2D eigenvalue weighted by Gasteiger charge is -2.21. The number of ether oxygens (including phenoxy) is 1. The predicted octanol–water partition coefficient (Wildman–Crippen LogP) is 2.93. The molecule has 1 heterocycles. The van der Waals surface area contributed by atoms with E-state index in [9.17, 15) is 5.21 Å². The van der Waals surface area contributed by atoms with E-state index in [0.29, 0.717) is 18.4 Å². The topological polar surface area (TPSA) is 35.3 Å². The summed E-state index contributed by atoms with van der Waals surface area (Å²) in [6.45, 7) is 0.631. The summed E-state index contributed by atoms with van der Waals surface area (Å²) in [5.41, 5.74) is 2.42. The molecule has 1 fully saturated rings. The van der Waals surface area contributed by atoms with Crippen molar-refractivity contribution in [2.24, 2.45) is 5.92 Å². The normalized spacial score (nSPS) is 27.2. The Bertz CT molecular complexity index is 464. The van der Waals surface area contributed by atoms with E-state index >= 15 is 0 Å². The first-order chi connectivity index (χ1) is 8.79. The minimum Gasteiger partial charge on any atom is -0.624 e. The third kappa shape index (κ3) is 1.88. The third-order valence-electron chi connectivity index (χ3n) is 4.34. The number of fused-ring (bicyclic) bond motifs is 1. The van der Waals surface area contributed by atoms with Crippen LogP contribution in [0.4, 0.5) is 0 Å². The van der Waals surface area contributed by atoms with Crippen LogP contribution in [0.15, 0.2) is 24.3 Å². The maximum Gasteiger partial charge on any atom is 0.167 e. The van der Waals surface area contributed by atoms with E-state index in [1.165, 1.54) is 29.6 Å². The Labute approximate surface area is 108 Å². The van der Waals surface area contributed by atoms with Crippen LogP contribution < -0.4 is 4.74 Å². The molecule has 1 aliphatic heterocycles. The van der Waals surface area contributed by atoms with Gasteiger partial charge in [0.2, 0.25) is 0 Å². The zero-order valence-electron chi connectivity index (χ0n) is 10.8. The number of rotatable bonds is 2. The molecule has 0 bridgehead atoms. The molecule has 0 amide bonds. The van der Waals surface area contributed by atoms with Crippen LogP contribution in [-0.4, -0.2) is 24.1 Å². The number of hydroxylamine groups is 1. The van der Waals surface area contributed by atoms with Crippen LogP contribution >= 0.6 is 0 Å². The summed E-state index contributed by atoms with van der Waals surface area (Å²) >= 11 is 0. The SMILES string of the molecule is COc1ccc([C@@H]2C[N+]([O-])=C3CCCC[C@H]32)cc1. The average Bonchev–Trinajstić information content (AvgIpc) is 2.77. The first-order valence-electron chi connectivity index (χ1n) is 6.74. The average molecular weight is 245 g/mol. The zero-order chi connectivity index (χ0) is 12.5. The maximum atomic E-state index is 12.0. The Morgan fingerprint density at radius 1 is 1.17 bits per heavy atom. The van der Waals surface area contributed by atoms with Crippen molar-refractivity contribution in [2.45, 2.75) is 31.6 Å². The molecule has 18 heavy (non-hydrogen) atoms. The van der Waals surface area contributed by atoms with Gasteiger partial charge >= 0.3 is 0 Å². The van der Waals surface area contributed by atoms with E-state index in [2.05, 4.69) is 12.1 Å². The highest BCUT2D eigenvalue weighted by Gasteiger charge is 2.41. The Morgan fingerprint density at radius 2 is 1.94 bits per heavy atom. The van der Waals surface area contributed by atoms with Crippen molar-refractivity contribution in [3.05, 3.63) is 35.0 Å². The number of methoxy groups -OCH3 is 1. The number of nitrogens with zero attached hydrogens (tertiary/aromatic N) is 1. The van der Waals surface area contributed by atoms with Crippen LogP contribution in [-0.2, 0) is 0 Å². The standard InChI is InChI=1S/C15H19NO2/c1-18-12-8-6-11(7-9-12)14-10-16(17)15-5-3-2-4-13(14)15/h6-9,13-14H,2-5,10H2,1H3/t13-,14-/m0/s1. The molecule has 0 spiro atoms. The van der Waals surface area contributed by atoms with Crippen LogP contribution in [0.25, 0.3) is 0 Å². The van der Waals surface area contributed by atoms with E-state index in [1.54, 1.807) is 7.11 Å². The molecule has 3 rings (SSSR count). The van der Waals surface area contributed by atoms with Gasteiger partial charge in [-0.1, -0.05) is 18.6 Å². The van der Waals surface area contributed by atoms with Crippen molar-refractivity contribution in [2.75, 3.05) is 13.7 Å². The molecule has 3 heteroatoms. The van der Waals surface area contributed by atoms with Gasteiger partial charge in [-0.25, -0.2) is 4.74 Å². The summed E-state index contributed by atoms with van der Waals surface area (Å²) in [6, 6.07) is 8.19. The highest BCUT2D eigenvalue weighted by atomic mass is 16.5. The Hall–Kier alpha value is -1.51. The molecule has 96 valence electrons. The quantitative estimate of drug-likeness (QED) is 0.593. The summed E-state index contributed by atoms with van der Waals surface area (Å²) in [6.07, 6.45) is 4.61. The Balaban J connectivity index is 1.85. The third-order valence-corrected chi connectivity index (χ3v) is 4.34. The van der Waals surface area contributed by atoms with Gasteiger partial charge in [-0.05, 0) is 30.5 Å². The van der Waals surface area contributed by atoms with Crippen molar-refractivity contribution in [3.63, 3.8) is 0 Å². The molecule has 1 aliphatic carbocycles. The van der Waals surface area contributed by atoms with Crippen LogP contribution in [0.1, 0.15) is 37.2 Å². The fraction of sp³-hybridized carbons (Fsp3) is 0.533. The molecule has 0 unspecified atom stereocenters. The summed E-state index contributed by atoms with van der Waals surface area (Å²) in [7, 11) is 1.68. The smallest absolute Gasteiger partial charge is 0.167 e. The first kappa shape index (κ1) is 11.6. The molecule has 0 radical (unpaired) electrons. The van der Waals surface area contributed by atoms with Crippen molar-refractivity contribution >= 4 is 5.71 Å². The zero-order valence-corrected chi connectivity index (χ0v) is 10.8. The van der Waals surface area contributed by atoms with Gasteiger partial charge in [0.15, 0.2) is 12.3 Å². The van der Waals surface area contributed by atoms with E-state index in [1.807, 2.05) is 12.1 Å². The molecular weight excluding hydrogens is 226 g/mol. The summed E-state index contributed by atoms with van der Waals surface area (Å²) in [4.78, 5) is 0. The highest BCUT2D eigenvalue weighted by molar-refractivity contribution is 5.85. The highest BCUT2D eigenvalue weighted by Crippen LogP contribution is 2.38. The van der Waals surface area contributed by atoms with Crippen LogP contribution in [0.5, 0.6) is 5.75 Å². The molecule has 1 aromatic rings. The van der Waals surface area contributed by atoms with Gasteiger partial charge in [0.05, 0.1) is 18.9 Å². The van der Waals surface area contributed by atoms with Gasteiger partial charge < -0.3 is 9.94 Å². The number of hydrogen-bond donors (Lipinski definition) is 0. The van der Waals surface area contributed by atoms with Crippen LogP contribution in [0, 0.1) is 11.1 Å². The van der Waals surface area contributed by atoms with Crippen LogP contribution in [0.3, 0.4) is 0 Å². The predicted molar refractivity (Wildman–Crippen MR) is 71.2 cm³/mol. The molecule has 0 N–H and O–H groups in total. The fourth-order valence-electron chi connectivity index (χ4n) is 3.38. The molecule has 1 aromatic carbocycles. The van der Waals surface area contributed by atoms with Crippen molar-refractivity contribution < 1.29 is 9.48 Å². The van der Waals surface area contributed by atoms with E-state index in [0.717, 1.165) is 17.9 Å². The van der Waals surface area contributed by atoms with Gasteiger partial charge in [0.25, 0.3) is 0 Å². The molecule has 0 saturated heterocycles. The van der Waals surface area contributed by atoms with Crippen molar-refractivity contribution in [1.82, 2.24) is 0 Å². The Morgan fingerprint density at radius 3 is 2.67 bits per heavy atom. The first-order valence-corrected chi connectivity index (χ1v) is 6.74. The second kappa shape index (κ2) is 4.63.